The first-order valence-corrected chi connectivity index (χ1v) is 4.18. The van der Waals surface area contributed by atoms with Gasteiger partial charge in [0.1, 0.15) is 0 Å². The summed E-state index contributed by atoms with van der Waals surface area (Å²) in [4.78, 5) is 0. The molecule has 0 aromatic carbocycles. The summed E-state index contributed by atoms with van der Waals surface area (Å²) in [6, 6.07) is 0. The average Bonchev–Trinajstić information content (AvgIpc) is 1.96. The highest BCUT2D eigenvalue weighted by Gasteiger charge is 2.11. The fourth-order valence-corrected chi connectivity index (χ4v) is 0.728. The smallest absolute Gasteiger partial charge is 0.0894 e. The lowest BCUT2D eigenvalue weighted by molar-refractivity contribution is 0.0660. The Bertz CT molecular complexity index is 111. The number of aliphatic hydroxyl groups excluding tert-OH is 2. The van der Waals surface area contributed by atoms with E-state index in [9.17, 15) is 5.11 Å². The lowest BCUT2D eigenvalue weighted by Gasteiger charge is -2.17. The molecule has 0 aromatic rings. The Morgan fingerprint density at radius 2 is 2.00 bits per heavy atom. The number of hydrogen-bond donors (Lipinski definition) is 4. The van der Waals surface area contributed by atoms with Gasteiger partial charge in [-0.2, -0.15) is 0 Å². The minimum absolute atomic E-state index is 0.227. The van der Waals surface area contributed by atoms with Gasteiger partial charge in [-0.3, -0.25) is 0 Å². The maximum Gasteiger partial charge on any atom is 0.0894 e. The summed E-state index contributed by atoms with van der Waals surface area (Å²) in [5, 5.41) is 29.6. The van der Waals surface area contributed by atoms with Crippen molar-refractivity contribution < 1.29 is 15.3 Å². The molecule has 4 heteroatoms. The molecule has 1 atom stereocenters. The normalized spacial score (nSPS) is 14.8. The quantitative estimate of drug-likeness (QED) is 0.396. The van der Waals surface area contributed by atoms with E-state index in [1.54, 1.807) is 13.8 Å². The molecule has 0 aliphatic heterocycles. The number of nitrogens with one attached hydrogen (secondary N) is 1. The van der Waals surface area contributed by atoms with E-state index in [4.69, 9.17) is 10.2 Å². The van der Waals surface area contributed by atoms with Crippen LogP contribution in [0.1, 0.15) is 20.3 Å². The summed E-state index contributed by atoms with van der Waals surface area (Å²) in [5.74, 6) is 0. The van der Waals surface area contributed by atoms with E-state index in [1.165, 1.54) is 0 Å². The predicted octanol–water partition coefficient (Wildman–Crippen LogP) is -0.910. The van der Waals surface area contributed by atoms with Crippen molar-refractivity contribution in [3.63, 3.8) is 0 Å². The van der Waals surface area contributed by atoms with Gasteiger partial charge in [0.2, 0.25) is 0 Å². The Kier molecular flexibility index (Phi) is 5.41. The molecule has 1 unspecified atom stereocenters. The molecule has 12 heavy (non-hydrogen) atoms. The Labute approximate surface area is 73.2 Å². The summed E-state index contributed by atoms with van der Waals surface area (Å²) in [5.41, 5.74) is -0.669. The minimum Gasteiger partial charge on any atom is -0.394 e. The number of hydrogen-bond acceptors (Lipinski definition) is 4. The Morgan fingerprint density at radius 3 is 2.42 bits per heavy atom. The molecule has 0 amide bonds. The van der Waals surface area contributed by atoms with Gasteiger partial charge in [0.25, 0.3) is 0 Å². The van der Waals surface area contributed by atoms with Crippen LogP contribution in [0.15, 0.2) is 0 Å². The van der Waals surface area contributed by atoms with Crippen molar-refractivity contribution in [1.29, 1.82) is 0 Å². The maximum atomic E-state index is 9.29. The standard InChI is InChI=1S/C8H19NO3/c1-8(2,12)3-4-9-5-7(11)6-10/h7,9-12H,3-6H2,1-2H3. The van der Waals surface area contributed by atoms with Crippen LogP contribution >= 0.6 is 0 Å². The van der Waals surface area contributed by atoms with Crippen LogP contribution in [0.25, 0.3) is 0 Å². The first kappa shape index (κ1) is 11.8. The predicted molar refractivity (Wildman–Crippen MR) is 46.9 cm³/mol. The second-order valence-electron chi connectivity index (χ2n) is 3.60. The van der Waals surface area contributed by atoms with Gasteiger partial charge in [-0.1, -0.05) is 0 Å². The van der Waals surface area contributed by atoms with Crippen LogP contribution in [0, 0.1) is 0 Å². The van der Waals surface area contributed by atoms with E-state index < -0.39 is 11.7 Å². The average molecular weight is 177 g/mol. The van der Waals surface area contributed by atoms with Crippen molar-refractivity contribution in [2.45, 2.75) is 32.0 Å². The highest BCUT2D eigenvalue weighted by atomic mass is 16.3. The third kappa shape index (κ3) is 7.94. The van der Waals surface area contributed by atoms with Crippen molar-refractivity contribution in [2.75, 3.05) is 19.7 Å². The SMILES string of the molecule is CC(C)(O)CCNCC(O)CO. The van der Waals surface area contributed by atoms with Crippen molar-refractivity contribution in [2.24, 2.45) is 0 Å². The Morgan fingerprint density at radius 1 is 1.42 bits per heavy atom. The first-order valence-electron chi connectivity index (χ1n) is 4.18. The topological polar surface area (TPSA) is 72.7 Å². The van der Waals surface area contributed by atoms with E-state index in [-0.39, 0.29) is 6.61 Å². The Balaban J connectivity index is 3.22. The van der Waals surface area contributed by atoms with Crippen LogP contribution in [0.4, 0.5) is 0 Å². The van der Waals surface area contributed by atoms with E-state index in [0.717, 1.165) is 0 Å². The van der Waals surface area contributed by atoms with Gasteiger partial charge in [0, 0.05) is 6.54 Å². The van der Waals surface area contributed by atoms with Crippen LogP contribution in [0.2, 0.25) is 0 Å². The van der Waals surface area contributed by atoms with Gasteiger partial charge in [-0.05, 0) is 26.8 Å². The van der Waals surface area contributed by atoms with Gasteiger partial charge in [-0.25, -0.2) is 0 Å². The summed E-state index contributed by atoms with van der Waals surface area (Å²) < 4.78 is 0. The molecular formula is C8H19NO3. The number of aliphatic hydroxyl groups is 3. The minimum atomic E-state index is -0.702. The molecule has 0 aliphatic rings. The monoisotopic (exact) mass is 177 g/mol. The molecule has 0 saturated carbocycles. The molecule has 0 aliphatic carbocycles. The van der Waals surface area contributed by atoms with E-state index >= 15 is 0 Å². The fourth-order valence-electron chi connectivity index (χ4n) is 0.728. The van der Waals surface area contributed by atoms with Crippen molar-refractivity contribution >= 4 is 0 Å². The summed E-state index contributed by atoms with van der Waals surface area (Å²) >= 11 is 0. The van der Waals surface area contributed by atoms with E-state index in [1.807, 2.05) is 0 Å². The Hall–Kier alpha value is -0.160. The zero-order chi connectivity index (χ0) is 9.61. The first-order chi connectivity index (χ1) is 5.45. The van der Waals surface area contributed by atoms with Crippen LogP contribution < -0.4 is 5.32 Å². The molecule has 0 aromatic heterocycles. The molecule has 0 heterocycles. The molecule has 0 spiro atoms. The second-order valence-corrected chi connectivity index (χ2v) is 3.60. The van der Waals surface area contributed by atoms with Crippen LogP contribution in [0.5, 0.6) is 0 Å². The van der Waals surface area contributed by atoms with Crippen LogP contribution in [-0.4, -0.2) is 46.7 Å². The zero-order valence-corrected chi connectivity index (χ0v) is 7.75. The summed E-state index contributed by atoms with van der Waals surface area (Å²) in [7, 11) is 0. The third-order valence-electron chi connectivity index (χ3n) is 1.50. The molecule has 0 rings (SSSR count). The van der Waals surface area contributed by atoms with Crippen molar-refractivity contribution in [3.8, 4) is 0 Å². The van der Waals surface area contributed by atoms with Gasteiger partial charge in [-0.15, -0.1) is 0 Å². The molecule has 0 radical (unpaired) electrons. The molecule has 0 bridgehead atoms. The summed E-state index contributed by atoms with van der Waals surface area (Å²) in [6.45, 7) is 4.25. The van der Waals surface area contributed by atoms with E-state index in [0.29, 0.717) is 19.5 Å². The van der Waals surface area contributed by atoms with Gasteiger partial charge < -0.3 is 20.6 Å². The lowest BCUT2D eigenvalue weighted by Crippen LogP contribution is -2.33. The molecule has 4 N–H and O–H groups in total. The number of rotatable bonds is 6. The third-order valence-corrected chi connectivity index (χ3v) is 1.50. The molecule has 74 valence electrons. The largest absolute Gasteiger partial charge is 0.394 e. The highest BCUT2D eigenvalue weighted by molar-refractivity contribution is 4.67. The second kappa shape index (κ2) is 5.48. The van der Waals surface area contributed by atoms with Crippen LogP contribution in [-0.2, 0) is 0 Å². The van der Waals surface area contributed by atoms with Gasteiger partial charge in [0.05, 0.1) is 18.3 Å². The van der Waals surface area contributed by atoms with Crippen LogP contribution in [0.3, 0.4) is 0 Å². The van der Waals surface area contributed by atoms with Crippen molar-refractivity contribution in [1.82, 2.24) is 5.32 Å². The molecule has 4 nitrogen and oxygen atoms in total. The molecule has 0 saturated heterocycles. The molecular weight excluding hydrogens is 158 g/mol. The zero-order valence-electron chi connectivity index (χ0n) is 7.75. The molecule has 0 fully saturated rings. The van der Waals surface area contributed by atoms with Crippen molar-refractivity contribution in [3.05, 3.63) is 0 Å². The van der Waals surface area contributed by atoms with E-state index in [2.05, 4.69) is 5.32 Å². The highest BCUT2D eigenvalue weighted by Crippen LogP contribution is 2.04. The van der Waals surface area contributed by atoms with Gasteiger partial charge in [0.15, 0.2) is 0 Å². The van der Waals surface area contributed by atoms with Gasteiger partial charge >= 0.3 is 0 Å². The summed E-state index contributed by atoms with van der Waals surface area (Å²) in [6.07, 6.45) is -0.0719. The fraction of sp³-hybridized carbons (Fsp3) is 1.00. The lowest BCUT2D eigenvalue weighted by atomic mass is 10.1. The maximum absolute atomic E-state index is 9.29.